The van der Waals surface area contributed by atoms with Crippen molar-refractivity contribution in [2.45, 2.75) is 6.92 Å². The molecule has 1 rings (SSSR count). The van der Waals surface area contributed by atoms with Gasteiger partial charge >= 0.3 is 0 Å². The predicted octanol–water partition coefficient (Wildman–Crippen LogP) is 2.01. The topological polar surface area (TPSA) is 28.7 Å². The van der Waals surface area contributed by atoms with Crippen molar-refractivity contribution in [2.24, 2.45) is 0 Å². The molecule has 0 atom stereocenters. The number of halogens is 1. The molecule has 0 amide bonds. The van der Waals surface area contributed by atoms with E-state index in [-0.39, 0.29) is 0 Å². The number of aromatic amines is 1. The first-order valence-corrected chi connectivity index (χ1v) is 2.96. The SMILES string of the molecule is C=Cc1[nH]c(C)nc1Cl. The molecule has 0 radical (unpaired) electrons. The van der Waals surface area contributed by atoms with Crippen LogP contribution < -0.4 is 0 Å². The average molecular weight is 143 g/mol. The number of hydrogen-bond donors (Lipinski definition) is 1. The molecule has 0 unspecified atom stereocenters. The highest BCUT2D eigenvalue weighted by molar-refractivity contribution is 6.30. The van der Waals surface area contributed by atoms with Crippen LogP contribution in [0.1, 0.15) is 11.5 Å². The fraction of sp³-hybridized carbons (Fsp3) is 0.167. The minimum Gasteiger partial charge on any atom is -0.341 e. The van der Waals surface area contributed by atoms with Gasteiger partial charge in [0, 0.05) is 0 Å². The second-order valence-corrected chi connectivity index (χ2v) is 2.09. The first-order chi connectivity index (χ1) is 4.24. The van der Waals surface area contributed by atoms with Crippen LogP contribution in [0.5, 0.6) is 0 Å². The Balaban J connectivity index is 3.15. The molecule has 0 bridgehead atoms. The summed E-state index contributed by atoms with van der Waals surface area (Å²) in [4.78, 5) is 6.85. The maximum Gasteiger partial charge on any atom is 0.154 e. The summed E-state index contributed by atoms with van der Waals surface area (Å²) in [6.07, 6.45) is 1.64. The van der Waals surface area contributed by atoms with Gasteiger partial charge in [-0.2, -0.15) is 0 Å². The Morgan fingerprint density at radius 2 is 2.44 bits per heavy atom. The van der Waals surface area contributed by atoms with Gasteiger partial charge in [-0.3, -0.25) is 0 Å². The lowest BCUT2D eigenvalue weighted by Crippen LogP contribution is -1.70. The molecule has 0 aliphatic carbocycles. The molecule has 0 spiro atoms. The number of rotatable bonds is 1. The van der Waals surface area contributed by atoms with Crippen molar-refractivity contribution >= 4 is 17.7 Å². The zero-order chi connectivity index (χ0) is 6.85. The van der Waals surface area contributed by atoms with Crippen LogP contribution >= 0.6 is 11.6 Å². The van der Waals surface area contributed by atoms with E-state index in [4.69, 9.17) is 11.6 Å². The van der Waals surface area contributed by atoms with Crippen LogP contribution in [0, 0.1) is 6.92 Å². The molecule has 1 aromatic heterocycles. The van der Waals surface area contributed by atoms with Gasteiger partial charge < -0.3 is 4.98 Å². The summed E-state index contributed by atoms with van der Waals surface area (Å²) in [5.41, 5.74) is 0.786. The van der Waals surface area contributed by atoms with Crippen LogP contribution in [0.4, 0.5) is 0 Å². The zero-order valence-corrected chi connectivity index (χ0v) is 5.87. The Bertz CT molecular complexity index is 227. The van der Waals surface area contributed by atoms with E-state index in [1.54, 1.807) is 6.08 Å². The van der Waals surface area contributed by atoms with Crippen LogP contribution in [0.2, 0.25) is 5.15 Å². The highest BCUT2D eigenvalue weighted by Crippen LogP contribution is 2.12. The highest BCUT2D eigenvalue weighted by atomic mass is 35.5. The lowest BCUT2D eigenvalue weighted by atomic mass is 10.5. The molecule has 0 saturated heterocycles. The van der Waals surface area contributed by atoms with Gasteiger partial charge in [0.05, 0.1) is 5.69 Å². The van der Waals surface area contributed by atoms with Gasteiger partial charge in [0.2, 0.25) is 0 Å². The summed E-state index contributed by atoms with van der Waals surface area (Å²) in [5, 5.41) is 0.488. The largest absolute Gasteiger partial charge is 0.341 e. The summed E-state index contributed by atoms with van der Waals surface area (Å²) in [5.74, 6) is 0.815. The van der Waals surface area contributed by atoms with Gasteiger partial charge in [0.25, 0.3) is 0 Å². The van der Waals surface area contributed by atoms with Crippen LogP contribution in [0.3, 0.4) is 0 Å². The Hall–Kier alpha value is -0.760. The van der Waals surface area contributed by atoms with Crippen molar-refractivity contribution in [2.75, 3.05) is 0 Å². The summed E-state index contributed by atoms with van der Waals surface area (Å²) >= 11 is 5.63. The number of imidazole rings is 1. The standard InChI is InChI=1S/C6H7ClN2/c1-3-5-6(7)9-4(2)8-5/h3H,1H2,2H3,(H,8,9). The van der Waals surface area contributed by atoms with E-state index in [2.05, 4.69) is 16.5 Å². The smallest absolute Gasteiger partial charge is 0.154 e. The molecule has 2 nitrogen and oxygen atoms in total. The van der Waals surface area contributed by atoms with E-state index in [9.17, 15) is 0 Å². The van der Waals surface area contributed by atoms with E-state index >= 15 is 0 Å². The molecule has 48 valence electrons. The van der Waals surface area contributed by atoms with Crippen molar-refractivity contribution < 1.29 is 0 Å². The monoisotopic (exact) mass is 142 g/mol. The molecule has 1 N–H and O–H groups in total. The summed E-state index contributed by atoms with van der Waals surface area (Å²) in [6.45, 7) is 5.40. The minimum atomic E-state index is 0.488. The molecule has 1 heterocycles. The molecule has 0 saturated carbocycles. The van der Waals surface area contributed by atoms with Crippen LogP contribution in [0.25, 0.3) is 6.08 Å². The second kappa shape index (κ2) is 2.23. The Kier molecular flexibility index (Phi) is 1.58. The fourth-order valence-corrected chi connectivity index (χ4v) is 0.868. The molecule has 0 fully saturated rings. The van der Waals surface area contributed by atoms with Gasteiger partial charge in [0.15, 0.2) is 5.15 Å². The van der Waals surface area contributed by atoms with E-state index in [0.717, 1.165) is 11.5 Å². The third-order valence-corrected chi connectivity index (χ3v) is 1.30. The molecule has 0 aliphatic heterocycles. The summed E-state index contributed by atoms with van der Waals surface area (Å²) in [6, 6.07) is 0. The number of H-pyrrole nitrogens is 1. The van der Waals surface area contributed by atoms with E-state index in [1.807, 2.05) is 6.92 Å². The van der Waals surface area contributed by atoms with E-state index < -0.39 is 0 Å². The highest BCUT2D eigenvalue weighted by Gasteiger charge is 1.98. The normalized spacial score (nSPS) is 9.56. The molecule has 0 aromatic carbocycles. The van der Waals surface area contributed by atoms with Crippen LogP contribution in [-0.4, -0.2) is 9.97 Å². The van der Waals surface area contributed by atoms with E-state index in [0.29, 0.717) is 5.15 Å². The van der Waals surface area contributed by atoms with Crippen molar-refractivity contribution in [1.82, 2.24) is 9.97 Å². The second-order valence-electron chi connectivity index (χ2n) is 1.73. The van der Waals surface area contributed by atoms with Gasteiger partial charge in [-0.25, -0.2) is 4.98 Å². The first-order valence-electron chi connectivity index (χ1n) is 2.58. The quantitative estimate of drug-likeness (QED) is 0.639. The maximum atomic E-state index is 5.63. The summed E-state index contributed by atoms with van der Waals surface area (Å²) in [7, 11) is 0. The fourth-order valence-electron chi connectivity index (χ4n) is 0.617. The maximum absolute atomic E-state index is 5.63. The van der Waals surface area contributed by atoms with Gasteiger partial charge in [-0.15, -0.1) is 0 Å². The minimum absolute atomic E-state index is 0.488. The van der Waals surface area contributed by atoms with Gasteiger partial charge in [0.1, 0.15) is 5.82 Å². The lowest BCUT2D eigenvalue weighted by molar-refractivity contribution is 1.15. The van der Waals surface area contributed by atoms with E-state index in [1.165, 1.54) is 0 Å². The lowest BCUT2D eigenvalue weighted by Gasteiger charge is -1.80. The number of nitrogens with zero attached hydrogens (tertiary/aromatic N) is 1. The molecule has 1 aromatic rings. The van der Waals surface area contributed by atoms with Gasteiger partial charge in [-0.1, -0.05) is 18.2 Å². The molecule has 0 aliphatic rings. The molecule has 9 heavy (non-hydrogen) atoms. The third-order valence-electron chi connectivity index (χ3n) is 1.01. The van der Waals surface area contributed by atoms with Crippen LogP contribution in [-0.2, 0) is 0 Å². The number of nitrogens with one attached hydrogen (secondary N) is 1. The van der Waals surface area contributed by atoms with Crippen molar-refractivity contribution in [1.29, 1.82) is 0 Å². The van der Waals surface area contributed by atoms with Crippen molar-refractivity contribution in [3.63, 3.8) is 0 Å². The molecular weight excluding hydrogens is 136 g/mol. The average Bonchev–Trinajstić information content (AvgIpc) is 2.10. The summed E-state index contributed by atoms with van der Waals surface area (Å²) < 4.78 is 0. The number of aromatic nitrogens is 2. The third kappa shape index (κ3) is 1.13. The van der Waals surface area contributed by atoms with Crippen molar-refractivity contribution in [3.8, 4) is 0 Å². The number of hydrogen-bond acceptors (Lipinski definition) is 1. The predicted molar refractivity (Wildman–Crippen MR) is 38.4 cm³/mol. The molecule has 3 heteroatoms. The Morgan fingerprint density at radius 3 is 2.67 bits per heavy atom. The van der Waals surface area contributed by atoms with Gasteiger partial charge in [-0.05, 0) is 13.0 Å². The first kappa shape index (κ1) is 6.36. The zero-order valence-electron chi connectivity index (χ0n) is 5.11. The Morgan fingerprint density at radius 1 is 1.78 bits per heavy atom. The van der Waals surface area contributed by atoms with Crippen molar-refractivity contribution in [3.05, 3.63) is 23.3 Å². The van der Waals surface area contributed by atoms with Crippen LogP contribution in [0.15, 0.2) is 6.58 Å². The Labute approximate surface area is 58.6 Å². The molecular formula is C6H7ClN2. The number of aryl methyl sites for hydroxylation is 1.